The van der Waals surface area contributed by atoms with Gasteiger partial charge in [-0.25, -0.2) is 13.6 Å². The van der Waals surface area contributed by atoms with Crippen LogP contribution in [0.1, 0.15) is 12.5 Å². The fourth-order valence-corrected chi connectivity index (χ4v) is 3.45. The molecule has 0 spiro atoms. The van der Waals surface area contributed by atoms with Gasteiger partial charge in [-0.2, -0.15) is 0 Å². The van der Waals surface area contributed by atoms with Gasteiger partial charge in [-0.15, -0.1) is 0 Å². The van der Waals surface area contributed by atoms with Crippen LogP contribution in [0.3, 0.4) is 0 Å². The van der Waals surface area contributed by atoms with Gasteiger partial charge < -0.3 is 4.90 Å². The third-order valence-electron chi connectivity index (χ3n) is 3.38. The van der Waals surface area contributed by atoms with E-state index >= 15 is 0 Å². The van der Waals surface area contributed by atoms with E-state index in [1.807, 2.05) is 25.8 Å². The van der Waals surface area contributed by atoms with E-state index in [4.69, 9.17) is 11.6 Å². The van der Waals surface area contributed by atoms with Gasteiger partial charge >= 0.3 is 0 Å². The summed E-state index contributed by atoms with van der Waals surface area (Å²) in [5.74, 6) is -0.508. The van der Waals surface area contributed by atoms with Gasteiger partial charge in [0.05, 0.1) is 37.6 Å². The second-order valence-corrected chi connectivity index (χ2v) is 6.91. The third-order valence-corrected chi connectivity index (χ3v) is 5.27. The summed E-state index contributed by atoms with van der Waals surface area (Å²) in [6, 6.07) is 9.35. The number of halogens is 2. The molecule has 1 atom stereocenters. The highest BCUT2D eigenvalue weighted by Crippen LogP contribution is 2.32. The monoisotopic (exact) mass is 352 g/mol. The zero-order chi connectivity index (χ0) is 17.0. The molecule has 6 heteroatoms. The number of benzene rings is 2. The van der Waals surface area contributed by atoms with Gasteiger partial charge in [0.2, 0.25) is 0 Å². The Kier molecular flexibility index (Phi) is 5.91. The van der Waals surface area contributed by atoms with Gasteiger partial charge in [0.1, 0.15) is 5.82 Å². The van der Waals surface area contributed by atoms with Crippen molar-refractivity contribution < 1.29 is 8.60 Å². The minimum atomic E-state index is -1.67. The number of hydrogen-bond donors (Lipinski definition) is 0. The molecule has 0 saturated carbocycles. The quantitative estimate of drug-likeness (QED) is 0.583. The van der Waals surface area contributed by atoms with Gasteiger partial charge in [-0.3, -0.25) is 0 Å². The third kappa shape index (κ3) is 4.18. The molecule has 0 saturated heterocycles. The molecule has 0 aliphatic heterocycles. The Morgan fingerprint density at radius 1 is 1.30 bits per heavy atom. The van der Waals surface area contributed by atoms with E-state index in [1.165, 1.54) is 12.1 Å². The van der Waals surface area contributed by atoms with E-state index in [1.54, 1.807) is 30.6 Å². The van der Waals surface area contributed by atoms with Crippen LogP contribution >= 0.6 is 11.6 Å². The predicted octanol–water partition coefficient (Wildman–Crippen LogP) is 4.57. The van der Waals surface area contributed by atoms with Crippen LogP contribution in [0, 0.1) is 12.7 Å². The molecule has 0 aliphatic carbocycles. The SMILES string of the molecule is CCN(C)C=Nc1cc(Cl)c(S(=O)c2ccccc2F)cc1C. The van der Waals surface area contributed by atoms with Crippen molar-refractivity contribution in [2.24, 2.45) is 4.99 Å². The number of aliphatic imine (C=N–C) groups is 1. The normalized spacial score (nSPS) is 12.6. The van der Waals surface area contributed by atoms with Gasteiger partial charge in [0.15, 0.2) is 0 Å². The first-order valence-corrected chi connectivity index (χ1v) is 8.67. The first-order valence-electron chi connectivity index (χ1n) is 7.15. The van der Waals surface area contributed by atoms with Crippen molar-refractivity contribution in [3.05, 3.63) is 52.8 Å². The minimum Gasteiger partial charge on any atom is -0.366 e. The van der Waals surface area contributed by atoms with Crippen molar-refractivity contribution in [2.75, 3.05) is 13.6 Å². The zero-order valence-electron chi connectivity index (χ0n) is 13.2. The molecule has 0 fully saturated rings. The van der Waals surface area contributed by atoms with E-state index in [0.29, 0.717) is 15.6 Å². The molecule has 0 aromatic heterocycles. The molecule has 0 aliphatic rings. The summed E-state index contributed by atoms with van der Waals surface area (Å²) >= 11 is 6.24. The summed E-state index contributed by atoms with van der Waals surface area (Å²) in [4.78, 5) is 6.81. The van der Waals surface area contributed by atoms with Crippen LogP contribution in [0.15, 0.2) is 51.2 Å². The highest BCUT2D eigenvalue weighted by molar-refractivity contribution is 7.85. The van der Waals surface area contributed by atoms with Crippen molar-refractivity contribution in [1.82, 2.24) is 4.90 Å². The van der Waals surface area contributed by atoms with Crippen LogP contribution in [-0.2, 0) is 10.8 Å². The molecule has 0 N–H and O–H groups in total. The van der Waals surface area contributed by atoms with Crippen molar-refractivity contribution in [2.45, 2.75) is 23.6 Å². The second-order valence-electron chi connectivity index (χ2n) is 5.09. The van der Waals surface area contributed by atoms with Crippen LogP contribution in [0.25, 0.3) is 0 Å². The minimum absolute atomic E-state index is 0.121. The topological polar surface area (TPSA) is 32.7 Å². The molecule has 2 rings (SSSR count). The lowest BCUT2D eigenvalue weighted by molar-refractivity contribution is 0.552. The Hall–Kier alpha value is -1.72. The number of hydrogen-bond acceptors (Lipinski definition) is 2. The molecule has 122 valence electrons. The van der Waals surface area contributed by atoms with Gasteiger partial charge in [0.25, 0.3) is 0 Å². The van der Waals surface area contributed by atoms with E-state index in [2.05, 4.69) is 4.99 Å². The van der Waals surface area contributed by atoms with Crippen molar-refractivity contribution in [1.29, 1.82) is 0 Å². The van der Waals surface area contributed by atoms with E-state index in [-0.39, 0.29) is 4.90 Å². The average molecular weight is 353 g/mol. The zero-order valence-corrected chi connectivity index (χ0v) is 14.8. The first kappa shape index (κ1) is 17.6. The summed E-state index contributed by atoms with van der Waals surface area (Å²) in [6.45, 7) is 4.72. The molecule has 0 bridgehead atoms. The summed E-state index contributed by atoms with van der Waals surface area (Å²) in [6.07, 6.45) is 1.71. The molecule has 0 amide bonds. The lowest BCUT2D eigenvalue weighted by atomic mass is 10.2. The Morgan fingerprint density at radius 2 is 2.00 bits per heavy atom. The lowest BCUT2D eigenvalue weighted by Crippen LogP contribution is -2.14. The maximum absolute atomic E-state index is 13.8. The van der Waals surface area contributed by atoms with Crippen LogP contribution in [0.2, 0.25) is 5.02 Å². The second kappa shape index (κ2) is 7.70. The average Bonchev–Trinajstić information content (AvgIpc) is 2.54. The highest BCUT2D eigenvalue weighted by Gasteiger charge is 2.16. The molecule has 0 heterocycles. The van der Waals surface area contributed by atoms with Crippen LogP contribution in [-0.4, -0.2) is 29.0 Å². The molecule has 2 aromatic rings. The molecular weight excluding hydrogens is 335 g/mol. The maximum Gasteiger partial charge on any atom is 0.139 e. The molecule has 3 nitrogen and oxygen atoms in total. The predicted molar refractivity (Wildman–Crippen MR) is 93.7 cm³/mol. The standard InChI is InChI=1S/C17H18ClFN2OS/c1-4-21(3)11-20-15-10-13(18)17(9-12(15)2)23(22)16-8-6-5-7-14(16)19/h5-11H,4H2,1-3H3. The van der Waals surface area contributed by atoms with Crippen molar-refractivity contribution >= 4 is 34.4 Å². The maximum atomic E-state index is 13.8. The highest BCUT2D eigenvalue weighted by atomic mass is 35.5. The molecule has 23 heavy (non-hydrogen) atoms. The smallest absolute Gasteiger partial charge is 0.139 e. The van der Waals surface area contributed by atoms with Crippen LogP contribution in [0.4, 0.5) is 10.1 Å². The Bertz CT molecular complexity index is 764. The summed E-state index contributed by atoms with van der Waals surface area (Å²) in [7, 11) is 0.247. The van der Waals surface area contributed by atoms with E-state index in [0.717, 1.165) is 12.1 Å². The van der Waals surface area contributed by atoms with Gasteiger partial charge in [-0.05, 0) is 43.7 Å². The van der Waals surface area contributed by atoms with Crippen molar-refractivity contribution in [3.8, 4) is 0 Å². The Labute approximate surface area is 143 Å². The lowest BCUT2D eigenvalue weighted by Gasteiger charge is -2.11. The van der Waals surface area contributed by atoms with Crippen LogP contribution in [0.5, 0.6) is 0 Å². The van der Waals surface area contributed by atoms with Gasteiger partial charge in [-0.1, -0.05) is 23.7 Å². The molecular formula is C17H18ClFN2OS. The number of aryl methyl sites for hydroxylation is 1. The molecule has 0 radical (unpaired) electrons. The summed E-state index contributed by atoms with van der Waals surface area (Å²) < 4.78 is 26.4. The first-order chi connectivity index (χ1) is 10.9. The molecule has 2 aromatic carbocycles. The molecule has 1 unspecified atom stereocenters. The largest absolute Gasteiger partial charge is 0.366 e. The summed E-state index contributed by atoms with van der Waals surface area (Å²) in [5.41, 5.74) is 1.53. The number of nitrogens with zero attached hydrogens (tertiary/aromatic N) is 2. The Morgan fingerprint density at radius 3 is 2.65 bits per heavy atom. The fraction of sp³-hybridized carbons (Fsp3) is 0.235. The van der Waals surface area contributed by atoms with E-state index < -0.39 is 16.6 Å². The summed E-state index contributed by atoms with van der Waals surface area (Å²) in [5, 5.41) is 0.309. The van der Waals surface area contributed by atoms with E-state index in [9.17, 15) is 8.60 Å². The van der Waals surface area contributed by atoms with Crippen LogP contribution < -0.4 is 0 Å². The fourth-order valence-electron chi connectivity index (χ4n) is 1.88. The van der Waals surface area contributed by atoms with Gasteiger partial charge in [0, 0.05) is 13.6 Å². The number of rotatable bonds is 5. The van der Waals surface area contributed by atoms with Crippen molar-refractivity contribution in [3.63, 3.8) is 0 Å². The Balaban J connectivity index is 2.39.